The number of rotatable bonds is 4. The summed E-state index contributed by atoms with van der Waals surface area (Å²) >= 11 is 1.38. The molecular formula is C14H16N2O2S. The van der Waals surface area contributed by atoms with Gasteiger partial charge in [0, 0.05) is 16.9 Å². The molecule has 1 aliphatic rings. The van der Waals surface area contributed by atoms with Crippen molar-refractivity contribution in [1.82, 2.24) is 0 Å². The molecule has 0 saturated heterocycles. The van der Waals surface area contributed by atoms with Gasteiger partial charge in [0.2, 0.25) is 5.91 Å². The smallest absolute Gasteiger partial charge is 0.226 e. The second-order valence-electron chi connectivity index (χ2n) is 4.36. The van der Waals surface area contributed by atoms with Crippen LogP contribution in [0.1, 0.15) is 29.3 Å². The van der Waals surface area contributed by atoms with Gasteiger partial charge in [-0.15, -0.1) is 11.8 Å². The number of amides is 1. The summed E-state index contributed by atoms with van der Waals surface area (Å²) < 4.78 is 0. The summed E-state index contributed by atoms with van der Waals surface area (Å²) in [5.74, 6) is -0.840. The second kappa shape index (κ2) is 5.59. The molecule has 2 atom stereocenters. The Morgan fingerprint density at radius 1 is 1.32 bits per heavy atom. The van der Waals surface area contributed by atoms with Crippen molar-refractivity contribution >= 4 is 28.4 Å². The van der Waals surface area contributed by atoms with E-state index in [1.165, 1.54) is 11.8 Å². The zero-order valence-electron chi connectivity index (χ0n) is 10.6. The summed E-state index contributed by atoms with van der Waals surface area (Å²) in [4.78, 5) is 24.1. The predicted molar refractivity (Wildman–Crippen MR) is 77.3 cm³/mol. The van der Waals surface area contributed by atoms with Crippen molar-refractivity contribution in [2.45, 2.75) is 18.7 Å². The third-order valence-corrected chi connectivity index (χ3v) is 4.27. The van der Waals surface area contributed by atoms with Gasteiger partial charge in [0.05, 0.1) is 11.3 Å². The van der Waals surface area contributed by atoms with Gasteiger partial charge in [-0.25, -0.2) is 0 Å². The maximum atomic E-state index is 11.9. The zero-order chi connectivity index (χ0) is 14.0. The standard InChI is InChI=1S/C14H16N2O2S/c1-2-11(17)8-5-3-4-6-9(8)12-7-10(13(15)18)14(16)19-12/h3-7,10,14H,2,16H2,1H3,(H2,15,18). The van der Waals surface area contributed by atoms with E-state index in [0.717, 1.165) is 10.5 Å². The van der Waals surface area contributed by atoms with Crippen LogP contribution in [0, 0.1) is 5.92 Å². The number of carbonyl (C=O) groups is 2. The van der Waals surface area contributed by atoms with Crippen molar-refractivity contribution in [3.63, 3.8) is 0 Å². The molecular weight excluding hydrogens is 260 g/mol. The number of carbonyl (C=O) groups excluding carboxylic acids is 2. The normalized spacial score (nSPS) is 22.1. The van der Waals surface area contributed by atoms with E-state index in [0.29, 0.717) is 12.0 Å². The maximum absolute atomic E-state index is 11.9. The van der Waals surface area contributed by atoms with Crippen molar-refractivity contribution in [1.29, 1.82) is 0 Å². The Morgan fingerprint density at radius 2 is 2.00 bits per heavy atom. The summed E-state index contributed by atoms with van der Waals surface area (Å²) in [6.07, 6.45) is 2.21. The van der Waals surface area contributed by atoms with Gasteiger partial charge >= 0.3 is 0 Å². The minimum absolute atomic E-state index is 0.0770. The highest BCUT2D eigenvalue weighted by Gasteiger charge is 2.31. The average molecular weight is 276 g/mol. The van der Waals surface area contributed by atoms with Crippen LogP contribution in [0.5, 0.6) is 0 Å². The van der Waals surface area contributed by atoms with Gasteiger partial charge in [0.1, 0.15) is 0 Å². The summed E-state index contributed by atoms with van der Waals surface area (Å²) in [6.45, 7) is 1.83. The highest BCUT2D eigenvalue weighted by Crippen LogP contribution is 2.41. The van der Waals surface area contributed by atoms with Crippen LogP contribution >= 0.6 is 11.8 Å². The Morgan fingerprint density at radius 3 is 2.58 bits per heavy atom. The molecule has 0 aliphatic carbocycles. The van der Waals surface area contributed by atoms with E-state index in [1.807, 2.05) is 25.1 Å². The average Bonchev–Trinajstić information content (AvgIpc) is 2.80. The number of primary amides is 1. The fourth-order valence-corrected chi connectivity index (χ4v) is 3.23. The fraction of sp³-hybridized carbons (Fsp3) is 0.286. The van der Waals surface area contributed by atoms with Crippen LogP contribution < -0.4 is 11.5 Å². The lowest BCUT2D eigenvalue weighted by atomic mass is 10.00. The largest absolute Gasteiger partial charge is 0.369 e. The molecule has 100 valence electrons. The number of benzene rings is 1. The Bertz CT molecular complexity index is 554. The molecule has 1 amide bonds. The molecule has 1 aliphatic heterocycles. The van der Waals surface area contributed by atoms with Gasteiger partial charge in [-0.3, -0.25) is 9.59 Å². The SMILES string of the molecule is CCC(=O)c1ccccc1C1=CC(C(N)=O)C(N)S1. The molecule has 0 aromatic heterocycles. The van der Waals surface area contributed by atoms with E-state index >= 15 is 0 Å². The van der Waals surface area contributed by atoms with Gasteiger partial charge in [-0.05, 0) is 5.56 Å². The van der Waals surface area contributed by atoms with Crippen LogP contribution in [0.2, 0.25) is 0 Å². The lowest BCUT2D eigenvalue weighted by molar-refractivity contribution is -0.120. The molecule has 0 bridgehead atoms. The fourth-order valence-electron chi connectivity index (χ4n) is 2.05. The van der Waals surface area contributed by atoms with Crippen LogP contribution in [-0.4, -0.2) is 17.1 Å². The molecule has 2 rings (SSSR count). The maximum Gasteiger partial charge on any atom is 0.226 e. The summed E-state index contributed by atoms with van der Waals surface area (Å²) in [5.41, 5.74) is 12.7. The van der Waals surface area contributed by atoms with E-state index in [4.69, 9.17) is 11.5 Å². The Hall–Kier alpha value is -1.59. The number of hydrogen-bond acceptors (Lipinski definition) is 4. The van der Waals surface area contributed by atoms with Gasteiger partial charge in [-0.1, -0.05) is 37.3 Å². The third-order valence-electron chi connectivity index (χ3n) is 3.09. The van der Waals surface area contributed by atoms with Crippen LogP contribution in [-0.2, 0) is 4.79 Å². The quantitative estimate of drug-likeness (QED) is 0.820. The molecule has 5 heteroatoms. The number of hydrogen-bond donors (Lipinski definition) is 2. The number of Topliss-reactive ketones (excluding diaryl/α,β-unsaturated/α-hetero) is 1. The Kier molecular flexibility index (Phi) is 4.07. The van der Waals surface area contributed by atoms with Crippen molar-refractivity contribution in [3.8, 4) is 0 Å². The molecule has 19 heavy (non-hydrogen) atoms. The van der Waals surface area contributed by atoms with Crippen LogP contribution in [0.4, 0.5) is 0 Å². The van der Waals surface area contributed by atoms with Crippen LogP contribution in [0.25, 0.3) is 4.91 Å². The lowest BCUT2D eigenvalue weighted by Gasteiger charge is -2.10. The molecule has 0 saturated carbocycles. The molecule has 0 radical (unpaired) electrons. The van der Waals surface area contributed by atoms with E-state index in [9.17, 15) is 9.59 Å². The van der Waals surface area contributed by atoms with E-state index in [2.05, 4.69) is 0 Å². The molecule has 1 aromatic rings. The summed E-state index contributed by atoms with van der Waals surface area (Å²) in [5, 5.41) is -0.378. The molecule has 0 fully saturated rings. The number of ketones is 1. The first kappa shape index (κ1) is 13.8. The molecule has 1 heterocycles. The van der Waals surface area contributed by atoms with E-state index < -0.39 is 11.8 Å². The van der Waals surface area contributed by atoms with Gasteiger partial charge in [-0.2, -0.15) is 0 Å². The lowest BCUT2D eigenvalue weighted by Crippen LogP contribution is -2.33. The molecule has 4 nitrogen and oxygen atoms in total. The first-order chi connectivity index (χ1) is 9.04. The molecule has 0 spiro atoms. The van der Waals surface area contributed by atoms with Crippen molar-refractivity contribution in [3.05, 3.63) is 41.5 Å². The van der Waals surface area contributed by atoms with Crippen LogP contribution in [0.15, 0.2) is 30.3 Å². The summed E-state index contributed by atoms with van der Waals surface area (Å²) in [6, 6.07) is 7.37. The van der Waals surface area contributed by atoms with E-state index in [1.54, 1.807) is 12.1 Å². The highest BCUT2D eigenvalue weighted by molar-refractivity contribution is 8.09. The molecule has 2 unspecified atom stereocenters. The predicted octanol–water partition coefficient (Wildman–Crippen LogP) is 1.75. The van der Waals surface area contributed by atoms with Crippen molar-refractivity contribution in [2.24, 2.45) is 17.4 Å². The van der Waals surface area contributed by atoms with Gasteiger partial charge in [0.25, 0.3) is 0 Å². The molecule has 4 N–H and O–H groups in total. The van der Waals surface area contributed by atoms with E-state index in [-0.39, 0.29) is 11.2 Å². The van der Waals surface area contributed by atoms with Crippen LogP contribution in [0.3, 0.4) is 0 Å². The zero-order valence-corrected chi connectivity index (χ0v) is 11.4. The first-order valence-corrected chi connectivity index (χ1v) is 6.98. The third kappa shape index (κ3) is 2.72. The number of nitrogens with two attached hydrogens (primary N) is 2. The Labute approximate surface area is 116 Å². The van der Waals surface area contributed by atoms with Crippen molar-refractivity contribution < 1.29 is 9.59 Å². The number of thioether (sulfide) groups is 1. The minimum atomic E-state index is -0.482. The van der Waals surface area contributed by atoms with Crippen molar-refractivity contribution in [2.75, 3.05) is 0 Å². The first-order valence-electron chi connectivity index (χ1n) is 6.10. The Balaban J connectivity index is 2.41. The molecule has 1 aromatic carbocycles. The van der Waals surface area contributed by atoms with Gasteiger partial charge in [0.15, 0.2) is 5.78 Å². The summed E-state index contributed by atoms with van der Waals surface area (Å²) in [7, 11) is 0. The van der Waals surface area contributed by atoms with Gasteiger partial charge < -0.3 is 11.5 Å². The topological polar surface area (TPSA) is 86.2 Å². The highest BCUT2D eigenvalue weighted by atomic mass is 32.2. The second-order valence-corrected chi connectivity index (χ2v) is 5.58. The monoisotopic (exact) mass is 276 g/mol. The minimum Gasteiger partial charge on any atom is -0.369 e.